The second-order valence-electron chi connectivity index (χ2n) is 7.71. The summed E-state index contributed by atoms with van der Waals surface area (Å²) in [4.78, 5) is 11.3. The number of allylic oxidation sites excluding steroid dienone is 1. The van der Waals surface area contributed by atoms with Crippen LogP contribution < -0.4 is 5.56 Å². The van der Waals surface area contributed by atoms with E-state index in [1.54, 1.807) is 9.36 Å². The van der Waals surface area contributed by atoms with Gasteiger partial charge in [-0.1, -0.05) is 87.9 Å². The molecular weight excluding hydrogens is 530 g/mol. The van der Waals surface area contributed by atoms with Gasteiger partial charge in [0.15, 0.2) is 11.0 Å². The summed E-state index contributed by atoms with van der Waals surface area (Å²) in [6, 6.07) is 0. The summed E-state index contributed by atoms with van der Waals surface area (Å²) < 4.78 is 16.9. The first-order chi connectivity index (χ1) is 15.3. The monoisotopic (exact) mass is 562 g/mol. The van der Waals surface area contributed by atoms with Gasteiger partial charge >= 0.3 is 0 Å². The van der Waals surface area contributed by atoms with Crippen molar-refractivity contribution < 1.29 is 4.21 Å². The van der Waals surface area contributed by atoms with E-state index in [0.717, 1.165) is 44.4 Å². The number of aryl methyl sites for hydroxylation is 1. The molecule has 1 unspecified atom stereocenters. The van der Waals surface area contributed by atoms with Crippen molar-refractivity contribution >= 4 is 74.6 Å². The van der Waals surface area contributed by atoms with Crippen molar-refractivity contribution in [1.82, 2.24) is 3.96 Å². The molecule has 0 spiro atoms. The molecule has 32 heavy (non-hydrogen) atoms. The van der Waals surface area contributed by atoms with Crippen LogP contribution in [0.1, 0.15) is 90.4 Å². The Kier molecular flexibility index (Phi) is 17.4. The van der Waals surface area contributed by atoms with Crippen LogP contribution in [0.3, 0.4) is 0 Å². The van der Waals surface area contributed by atoms with Gasteiger partial charge in [0.2, 0.25) is 0 Å². The van der Waals surface area contributed by atoms with Crippen LogP contribution in [-0.4, -0.2) is 18.7 Å². The second-order valence-corrected chi connectivity index (χ2v) is 12.0. The first kappa shape index (κ1) is 30.2. The summed E-state index contributed by atoms with van der Waals surface area (Å²) in [5.74, 6) is 0. The van der Waals surface area contributed by atoms with Crippen molar-refractivity contribution in [3.63, 3.8) is 0 Å². The van der Waals surface area contributed by atoms with Crippen LogP contribution in [0, 0.1) is 0 Å². The fourth-order valence-electron chi connectivity index (χ4n) is 3.13. The molecule has 1 atom stereocenters. The van der Waals surface area contributed by atoms with E-state index in [9.17, 15) is 9.00 Å². The number of hydrogen-bond donors (Lipinski definition) is 0. The van der Waals surface area contributed by atoms with Gasteiger partial charge in [0.1, 0.15) is 14.2 Å². The van der Waals surface area contributed by atoms with E-state index >= 15 is 0 Å². The minimum atomic E-state index is -1.09. The second kappa shape index (κ2) is 18.5. The zero-order valence-corrected chi connectivity index (χ0v) is 23.3. The number of unbranched alkanes of at least 4 members (excludes halogenated alkanes) is 9. The molecule has 1 aromatic heterocycles. The third-order valence-corrected chi connectivity index (χ3v) is 8.04. The molecule has 1 aliphatic heterocycles. The minimum absolute atomic E-state index is 0.148. The Morgan fingerprint density at radius 3 is 2.19 bits per heavy atom. The molecule has 10 heteroatoms. The minimum Gasteiger partial charge on any atom is -0.267 e. The molecule has 4 nitrogen and oxygen atoms in total. The summed E-state index contributed by atoms with van der Waals surface area (Å²) in [5.41, 5.74) is 0.824. The molecule has 0 N–H and O–H groups in total. The number of hydrogen-bond acceptors (Lipinski definition) is 3. The molecule has 0 bridgehead atoms. The van der Waals surface area contributed by atoms with Crippen molar-refractivity contribution in [3.8, 4) is 0 Å². The highest BCUT2D eigenvalue weighted by molar-refractivity contribution is 7.87. The summed E-state index contributed by atoms with van der Waals surface area (Å²) in [5, 5.41) is 1.80. The van der Waals surface area contributed by atoms with Crippen LogP contribution in [0.5, 0.6) is 0 Å². The lowest BCUT2D eigenvalue weighted by atomic mass is 10.1. The van der Waals surface area contributed by atoms with Crippen molar-refractivity contribution in [1.29, 1.82) is 0 Å². The van der Waals surface area contributed by atoms with E-state index in [1.165, 1.54) is 62.9 Å². The van der Waals surface area contributed by atoms with Gasteiger partial charge in [-0.05, 0) is 43.3 Å². The molecule has 0 saturated carbocycles. The van der Waals surface area contributed by atoms with E-state index in [-0.39, 0.29) is 15.4 Å². The average molecular weight is 564 g/mol. The Balaban J connectivity index is 0.000000320. The van der Waals surface area contributed by atoms with Crippen molar-refractivity contribution in [3.05, 3.63) is 31.2 Å². The molecule has 2 rings (SSSR count). The Hall–Kier alpha value is 0.150. The smallest absolute Gasteiger partial charge is 0.267 e. The van der Waals surface area contributed by atoms with Crippen LogP contribution in [0.25, 0.3) is 0 Å². The Morgan fingerprint density at radius 1 is 1.00 bits per heavy atom. The third kappa shape index (κ3) is 13.8. The lowest BCUT2D eigenvalue weighted by molar-refractivity contribution is 0.569. The highest BCUT2D eigenvalue weighted by Crippen LogP contribution is 2.23. The molecule has 1 aromatic rings. The van der Waals surface area contributed by atoms with Gasteiger partial charge in [-0.2, -0.15) is 4.40 Å². The van der Waals surface area contributed by atoms with E-state index in [2.05, 4.69) is 11.3 Å². The predicted molar refractivity (Wildman–Crippen MR) is 145 cm³/mol. The maximum atomic E-state index is 11.5. The van der Waals surface area contributed by atoms with Gasteiger partial charge in [0, 0.05) is 12.0 Å². The zero-order chi connectivity index (χ0) is 23.8. The molecule has 1 aliphatic rings. The molecule has 2 heterocycles. The quantitative estimate of drug-likeness (QED) is 0.158. The van der Waals surface area contributed by atoms with Crippen LogP contribution >= 0.6 is 57.9 Å². The van der Waals surface area contributed by atoms with Crippen LogP contribution in [0.4, 0.5) is 0 Å². The van der Waals surface area contributed by atoms with E-state index in [4.69, 9.17) is 46.4 Å². The molecule has 0 radical (unpaired) electrons. The van der Waals surface area contributed by atoms with Gasteiger partial charge < -0.3 is 0 Å². The molecular formula is C22H34Cl4N2O2S2. The molecule has 0 aromatic carbocycles. The average Bonchev–Trinajstić information content (AvgIpc) is 3.28. The lowest BCUT2D eigenvalue weighted by Crippen LogP contribution is -2.13. The summed E-state index contributed by atoms with van der Waals surface area (Å²) in [6.45, 7) is 2.94. The fraction of sp³-hybridized carbons (Fsp3) is 0.727. The van der Waals surface area contributed by atoms with Crippen molar-refractivity contribution in [2.45, 2.75) is 102 Å². The maximum absolute atomic E-state index is 11.5. The summed E-state index contributed by atoms with van der Waals surface area (Å²) in [6.07, 6.45) is 16.8. The molecule has 0 fully saturated rings. The highest BCUT2D eigenvalue weighted by atomic mass is 35.5. The SMILES string of the molecule is CCCCCCCCn1sc(Cl)c(Cl)c1=O.O=S1C=CC(CCCCCCCC(Cl)Cl)=N1. The van der Waals surface area contributed by atoms with E-state index in [1.807, 2.05) is 6.08 Å². The van der Waals surface area contributed by atoms with Crippen LogP contribution in [0.15, 0.2) is 20.7 Å². The molecule has 0 aliphatic carbocycles. The Bertz CT molecular complexity index is 791. The normalized spacial score (nSPS) is 15.2. The summed E-state index contributed by atoms with van der Waals surface area (Å²) in [7, 11) is -1.09. The third-order valence-electron chi connectivity index (χ3n) is 4.93. The Morgan fingerprint density at radius 2 is 1.62 bits per heavy atom. The van der Waals surface area contributed by atoms with Gasteiger partial charge in [0.25, 0.3) is 5.56 Å². The Labute approximate surface area is 219 Å². The van der Waals surface area contributed by atoms with E-state index in [0.29, 0.717) is 4.34 Å². The number of aromatic nitrogens is 1. The van der Waals surface area contributed by atoms with Crippen molar-refractivity contribution in [2.75, 3.05) is 0 Å². The van der Waals surface area contributed by atoms with E-state index < -0.39 is 11.0 Å². The number of alkyl halides is 2. The van der Waals surface area contributed by atoms with Gasteiger partial charge in [-0.25, -0.2) is 4.21 Å². The van der Waals surface area contributed by atoms with Crippen LogP contribution in [-0.2, 0) is 17.5 Å². The van der Waals surface area contributed by atoms with Gasteiger partial charge in [0.05, 0.1) is 5.71 Å². The highest BCUT2D eigenvalue weighted by Gasteiger charge is 2.10. The first-order valence-electron chi connectivity index (χ1n) is 11.3. The molecule has 184 valence electrons. The number of nitrogens with zero attached hydrogens (tertiary/aromatic N) is 2. The number of halogens is 4. The zero-order valence-electron chi connectivity index (χ0n) is 18.7. The lowest BCUT2D eigenvalue weighted by Gasteiger charge is -2.01. The predicted octanol–water partition coefficient (Wildman–Crippen LogP) is 8.73. The molecule has 0 amide bonds. The van der Waals surface area contributed by atoms with Crippen molar-refractivity contribution in [2.24, 2.45) is 4.40 Å². The van der Waals surface area contributed by atoms with Gasteiger partial charge in [-0.15, -0.1) is 23.2 Å². The van der Waals surface area contributed by atoms with Crippen LogP contribution in [0.2, 0.25) is 9.36 Å². The summed E-state index contributed by atoms with van der Waals surface area (Å²) >= 11 is 24.0. The standard InChI is InChI=1S/2C11H17Cl2NOS/c1-2-3-4-5-6-7-8-14-11(15)9(12)10(13)16-14;12-11(13)7-5-3-1-2-4-6-10-8-9-16(15)14-10/h2-8H2,1H3;8-9,11H,1-7H2. The molecule has 0 saturated heterocycles. The van der Waals surface area contributed by atoms with Gasteiger partial charge in [-0.3, -0.25) is 8.75 Å². The largest absolute Gasteiger partial charge is 0.280 e. The maximum Gasteiger partial charge on any atom is 0.280 e. The first-order valence-corrected chi connectivity index (χ1v) is 14.9. The number of rotatable bonds is 15. The topological polar surface area (TPSA) is 51.4 Å². The fourth-order valence-corrected chi connectivity index (χ4v) is 5.50.